The van der Waals surface area contributed by atoms with Gasteiger partial charge in [0.15, 0.2) is 0 Å². The van der Waals surface area contributed by atoms with Crippen molar-refractivity contribution in [1.29, 1.82) is 0 Å². The number of amides is 2. The van der Waals surface area contributed by atoms with Crippen LogP contribution in [-0.4, -0.2) is 28.6 Å². The van der Waals surface area contributed by atoms with Crippen LogP contribution in [0.25, 0.3) is 0 Å². The van der Waals surface area contributed by atoms with Gasteiger partial charge in [0.05, 0.1) is 6.54 Å². The summed E-state index contributed by atoms with van der Waals surface area (Å²) in [6.07, 6.45) is 6.77. The van der Waals surface area contributed by atoms with Crippen molar-refractivity contribution in [2.24, 2.45) is 7.05 Å². The molecule has 2 heterocycles. The third-order valence-corrected chi connectivity index (χ3v) is 3.37. The van der Waals surface area contributed by atoms with Gasteiger partial charge in [-0.3, -0.25) is 0 Å². The fourth-order valence-electron chi connectivity index (χ4n) is 2.23. The van der Waals surface area contributed by atoms with E-state index in [4.69, 9.17) is 0 Å². The molecule has 0 atom stereocenters. The molecule has 1 aromatic rings. The predicted octanol–water partition coefficient (Wildman–Crippen LogP) is 2.11. The molecule has 0 bridgehead atoms. The second-order valence-corrected chi connectivity index (χ2v) is 4.67. The summed E-state index contributed by atoms with van der Waals surface area (Å²) in [6, 6.07) is 4.10. The Hall–Kier alpha value is -1.45. The number of nitrogens with zero attached hydrogens (tertiary/aromatic N) is 2. The van der Waals surface area contributed by atoms with Gasteiger partial charge in [0.1, 0.15) is 0 Å². The molecule has 2 amide bonds. The summed E-state index contributed by atoms with van der Waals surface area (Å²) in [5.74, 6) is 0. The second-order valence-electron chi connectivity index (χ2n) is 4.67. The minimum Gasteiger partial charge on any atom is -0.353 e. The molecule has 0 saturated carbocycles. The summed E-state index contributed by atoms with van der Waals surface area (Å²) in [6.45, 7) is 2.41. The van der Waals surface area contributed by atoms with Crippen molar-refractivity contribution in [3.63, 3.8) is 0 Å². The van der Waals surface area contributed by atoms with Gasteiger partial charge in [0.2, 0.25) is 0 Å². The average Bonchev–Trinajstić information content (AvgIpc) is 2.58. The quantitative estimate of drug-likeness (QED) is 0.837. The molecule has 1 aromatic heterocycles. The number of rotatable bonds is 2. The highest BCUT2D eigenvalue weighted by molar-refractivity contribution is 5.74. The first kappa shape index (κ1) is 12.0. The molecule has 0 unspecified atom stereocenters. The number of aryl methyl sites for hydroxylation is 1. The van der Waals surface area contributed by atoms with Crippen molar-refractivity contribution in [3.8, 4) is 0 Å². The van der Waals surface area contributed by atoms with Gasteiger partial charge in [0.25, 0.3) is 0 Å². The first-order valence-corrected chi connectivity index (χ1v) is 6.40. The third kappa shape index (κ3) is 3.25. The van der Waals surface area contributed by atoms with Crippen LogP contribution in [0.1, 0.15) is 31.4 Å². The highest BCUT2D eigenvalue weighted by Gasteiger charge is 2.14. The van der Waals surface area contributed by atoms with E-state index in [-0.39, 0.29) is 6.03 Å². The van der Waals surface area contributed by atoms with Crippen LogP contribution in [0.2, 0.25) is 0 Å². The predicted molar refractivity (Wildman–Crippen MR) is 67.7 cm³/mol. The van der Waals surface area contributed by atoms with Crippen LogP contribution >= 0.6 is 0 Å². The molecule has 4 nitrogen and oxygen atoms in total. The van der Waals surface area contributed by atoms with Gasteiger partial charge in [-0.05, 0) is 25.0 Å². The van der Waals surface area contributed by atoms with E-state index in [9.17, 15) is 4.79 Å². The molecular formula is C13H21N3O. The Morgan fingerprint density at radius 3 is 2.59 bits per heavy atom. The Bertz CT molecular complexity index is 364. The van der Waals surface area contributed by atoms with E-state index in [0.29, 0.717) is 6.54 Å². The lowest BCUT2D eigenvalue weighted by molar-refractivity contribution is 0.199. The van der Waals surface area contributed by atoms with E-state index in [2.05, 4.69) is 5.32 Å². The minimum absolute atomic E-state index is 0.0769. The molecule has 2 rings (SSSR count). The molecule has 1 N–H and O–H groups in total. The number of nitrogens with one attached hydrogen (secondary N) is 1. The molecular weight excluding hydrogens is 214 g/mol. The summed E-state index contributed by atoms with van der Waals surface area (Å²) in [5, 5.41) is 2.99. The number of hydrogen-bond acceptors (Lipinski definition) is 1. The van der Waals surface area contributed by atoms with Crippen molar-refractivity contribution in [3.05, 3.63) is 24.0 Å². The zero-order chi connectivity index (χ0) is 12.1. The summed E-state index contributed by atoms with van der Waals surface area (Å²) in [5.41, 5.74) is 1.13. The van der Waals surface area contributed by atoms with Crippen LogP contribution in [0.5, 0.6) is 0 Å². The van der Waals surface area contributed by atoms with Gasteiger partial charge >= 0.3 is 6.03 Å². The first-order chi connectivity index (χ1) is 8.27. The van der Waals surface area contributed by atoms with Crippen LogP contribution < -0.4 is 5.32 Å². The smallest absolute Gasteiger partial charge is 0.317 e. The minimum atomic E-state index is 0.0769. The molecule has 0 spiro atoms. The van der Waals surface area contributed by atoms with Crippen LogP contribution in [-0.2, 0) is 13.6 Å². The van der Waals surface area contributed by atoms with E-state index < -0.39 is 0 Å². The van der Waals surface area contributed by atoms with E-state index in [0.717, 1.165) is 31.6 Å². The molecule has 4 heteroatoms. The molecule has 1 fully saturated rings. The maximum Gasteiger partial charge on any atom is 0.317 e. The Kier molecular flexibility index (Phi) is 4.07. The third-order valence-electron chi connectivity index (χ3n) is 3.37. The normalized spacial score (nSPS) is 16.6. The van der Waals surface area contributed by atoms with Gasteiger partial charge < -0.3 is 14.8 Å². The monoisotopic (exact) mass is 235 g/mol. The summed E-state index contributed by atoms with van der Waals surface area (Å²) < 4.78 is 2.03. The molecule has 0 aromatic carbocycles. The van der Waals surface area contributed by atoms with Crippen LogP contribution in [0.4, 0.5) is 4.79 Å². The average molecular weight is 235 g/mol. The maximum atomic E-state index is 12.0. The topological polar surface area (TPSA) is 37.3 Å². The number of urea groups is 1. The maximum absolute atomic E-state index is 12.0. The van der Waals surface area contributed by atoms with Gasteiger partial charge in [-0.15, -0.1) is 0 Å². The Morgan fingerprint density at radius 1 is 1.29 bits per heavy atom. The number of carbonyl (C=O) groups is 1. The molecule has 0 aliphatic carbocycles. The number of likely N-dealkylation sites (tertiary alicyclic amines) is 1. The largest absolute Gasteiger partial charge is 0.353 e. The molecule has 0 radical (unpaired) electrons. The van der Waals surface area contributed by atoms with Crippen molar-refractivity contribution >= 4 is 6.03 Å². The lowest BCUT2D eigenvalue weighted by Gasteiger charge is -2.20. The standard InChI is InChI=1S/C13H21N3O/c1-15-8-6-7-12(15)11-14-13(17)16-9-4-2-3-5-10-16/h6-8H,2-5,9-11H2,1H3,(H,14,17). The summed E-state index contributed by atoms with van der Waals surface area (Å²) >= 11 is 0. The van der Waals surface area contributed by atoms with E-state index >= 15 is 0 Å². The fraction of sp³-hybridized carbons (Fsp3) is 0.615. The van der Waals surface area contributed by atoms with Crippen molar-refractivity contribution in [2.75, 3.05) is 13.1 Å². The molecule has 94 valence electrons. The van der Waals surface area contributed by atoms with E-state index in [1.807, 2.05) is 34.8 Å². The Labute approximate surface area is 103 Å². The number of hydrogen-bond donors (Lipinski definition) is 1. The lowest BCUT2D eigenvalue weighted by atomic mass is 10.2. The van der Waals surface area contributed by atoms with Gasteiger partial charge in [-0.25, -0.2) is 4.79 Å². The highest BCUT2D eigenvalue weighted by Crippen LogP contribution is 2.09. The zero-order valence-electron chi connectivity index (χ0n) is 10.5. The Morgan fingerprint density at radius 2 is 2.00 bits per heavy atom. The second kappa shape index (κ2) is 5.75. The van der Waals surface area contributed by atoms with Crippen LogP contribution in [0.3, 0.4) is 0 Å². The molecule has 1 aliphatic rings. The van der Waals surface area contributed by atoms with Gasteiger partial charge in [-0.1, -0.05) is 12.8 Å². The Balaban J connectivity index is 1.82. The molecule has 1 saturated heterocycles. The summed E-state index contributed by atoms with van der Waals surface area (Å²) in [4.78, 5) is 13.9. The fourth-order valence-corrected chi connectivity index (χ4v) is 2.23. The first-order valence-electron chi connectivity index (χ1n) is 6.40. The van der Waals surface area contributed by atoms with E-state index in [1.165, 1.54) is 12.8 Å². The molecule has 1 aliphatic heterocycles. The number of carbonyl (C=O) groups excluding carboxylic acids is 1. The van der Waals surface area contributed by atoms with Crippen molar-refractivity contribution < 1.29 is 4.79 Å². The van der Waals surface area contributed by atoms with Crippen molar-refractivity contribution in [1.82, 2.24) is 14.8 Å². The number of aromatic nitrogens is 1. The van der Waals surface area contributed by atoms with Gasteiger partial charge in [-0.2, -0.15) is 0 Å². The zero-order valence-corrected chi connectivity index (χ0v) is 10.5. The SMILES string of the molecule is Cn1cccc1CNC(=O)N1CCCCCC1. The lowest BCUT2D eigenvalue weighted by Crippen LogP contribution is -2.40. The van der Waals surface area contributed by atoms with Crippen LogP contribution in [0, 0.1) is 0 Å². The highest BCUT2D eigenvalue weighted by atomic mass is 16.2. The molecule has 17 heavy (non-hydrogen) atoms. The van der Waals surface area contributed by atoms with Gasteiger partial charge in [0, 0.05) is 32.0 Å². The van der Waals surface area contributed by atoms with E-state index in [1.54, 1.807) is 0 Å². The van der Waals surface area contributed by atoms with Crippen LogP contribution in [0.15, 0.2) is 18.3 Å². The summed E-state index contributed by atoms with van der Waals surface area (Å²) in [7, 11) is 1.99. The van der Waals surface area contributed by atoms with Crippen molar-refractivity contribution in [2.45, 2.75) is 32.2 Å².